The fraction of sp³-hybridized carbons (Fsp3) is 0.500. The number of halogens is 1. The molecule has 4 heteroatoms. The van der Waals surface area contributed by atoms with E-state index in [0.29, 0.717) is 22.6 Å². The Morgan fingerprint density at radius 2 is 2.00 bits per heavy atom. The minimum Gasteiger partial charge on any atom is -0.356 e. The molecule has 16 heavy (non-hydrogen) atoms. The molecule has 0 radical (unpaired) electrons. The summed E-state index contributed by atoms with van der Waals surface area (Å²) < 4.78 is 0. The SMILES string of the molecule is CC1CN(c2cc(C#N)cc(Cl)n2)CC1C. The molecule has 3 nitrogen and oxygen atoms in total. The summed E-state index contributed by atoms with van der Waals surface area (Å²) in [5.74, 6) is 2.14. The van der Waals surface area contributed by atoms with Crippen molar-refractivity contribution in [3.63, 3.8) is 0 Å². The van der Waals surface area contributed by atoms with Crippen LogP contribution in [0.4, 0.5) is 5.82 Å². The summed E-state index contributed by atoms with van der Waals surface area (Å²) in [6.07, 6.45) is 0. The molecule has 1 aromatic rings. The monoisotopic (exact) mass is 235 g/mol. The molecule has 0 aromatic carbocycles. The molecule has 0 bridgehead atoms. The van der Waals surface area contributed by atoms with Crippen molar-refractivity contribution in [3.8, 4) is 6.07 Å². The van der Waals surface area contributed by atoms with Crippen molar-refractivity contribution in [2.75, 3.05) is 18.0 Å². The Morgan fingerprint density at radius 1 is 1.38 bits per heavy atom. The Hall–Kier alpha value is -1.27. The minimum absolute atomic E-state index is 0.390. The Morgan fingerprint density at radius 3 is 2.56 bits per heavy atom. The number of aromatic nitrogens is 1. The molecule has 1 saturated heterocycles. The van der Waals surface area contributed by atoms with Crippen molar-refractivity contribution in [3.05, 3.63) is 22.8 Å². The zero-order valence-electron chi connectivity index (χ0n) is 9.44. The zero-order valence-corrected chi connectivity index (χ0v) is 10.2. The lowest BCUT2D eigenvalue weighted by molar-refractivity contribution is 0.494. The topological polar surface area (TPSA) is 39.9 Å². The number of pyridine rings is 1. The Kier molecular flexibility index (Phi) is 3.02. The van der Waals surface area contributed by atoms with E-state index in [1.165, 1.54) is 0 Å². The van der Waals surface area contributed by atoms with E-state index in [9.17, 15) is 0 Å². The molecule has 0 aliphatic carbocycles. The van der Waals surface area contributed by atoms with Crippen LogP contribution in [-0.4, -0.2) is 18.1 Å². The molecule has 1 aliphatic heterocycles. The van der Waals surface area contributed by atoms with Gasteiger partial charge in [-0.15, -0.1) is 0 Å². The van der Waals surface area contributed by atoms with Gasteiger partial charge in [-0.05, 0) is 24.0 Å². The normalized spacial score (nSPS) is 24.5. The molecule has 84 valence electrons. The van der Waals surface area contributed by atoms with Crippen molar-refractivity contribution in [2.45, 2.75) is 13.8 Å². The Labute approximate surface area is 101 Å². The molecule has 0 amide bonds. The molecule has 0 saturated carbocycles. The fourth-order valence-electron chi connectivity index (χ4n) is 2.03. The van der Waals surface area contributed by atoms with E-state index in [0.717, 1.165) is 18.9 Å². The first kappa shape index (κ1) is 11.2. The second-order valence-electron chi connectivity index (χ2n) is 4.51. The summed E-state index contributed by atoms with van der Waals surface area (Å²) in [6, 6.07) is 5.50. The van der Waals surface area contributed by atoms with Crippen molar-refractivity contribution < 1.29 is 0 Å². The van der Waals surface area contributed by atoms with Gasteiger partial charge in [0.25, 0.3) is 0 Å². The third-order valence-electron chi connectivity index (χ3n) is 3.22. The van der Waals surface area contributed by atoms with Crippen LogP contribution < -0.4 is 4.90 Å². The number of nitriles is 1. The highest BCUT2D eigenvalue weighted by atomic mass is 35.5. The molecular formula is C12H14ClN3. The van der Waals surface area contributed by atoms with Crippen LogP contribution in [0.3, 0.4) is 0 Å². The van der Waals surface area contributed by atoms with Crippen LogP contribution in [0.1, 0.15) is 19.4 Å². The van der Waals surface area contributed by atoms with Gasteiger partial charge in [0, 0.05) is 13.1 Å². The second kappa shape index (κ2) is 4.31. The Bertz CT molecular complexity index is 428. The van der Waals surface area contributed by atoms with Gasteiger partial charge in [0.05, 0.1) is 11.6 Å². The fourth-order valence-corrected chi connectivity index (χ4v) is 2.23. The van der Waals surface area contributed by atoms with Crippen LogP contribution in [0.5, 0.6) is 0 Å². The summed E-state index contributed by atoms with van der Waals surface area (Å²) in [7, 11) is 0. The molecule has 1 aliphatic rings. The van der Waals surface area contributed by atoms with E-state index in [1.54, 1.807) is 12.1 Å². The lowest BCUT2D eigenvalue weighted by atomic mass is 10.0. The first-order valence-corrected chi connectivity index (χ1v) is 5.80. The van der Waals surface area contributed by atoms with Gasteiger partial charge in [-0.3, -0.25) is 0 Å². The summed E-state index contributed by atoms with van der Waals surface area (Å²) in [6.45, 7) is 6.44. The summed E-state index contributed by atoms with van der Waals surface area (Å²) in [4.78, 5) is 6.47. The van der Waals surface area contributed by atoms with Gasteiger partial charge in [0.2, 0.25) is 0 Å². The number of hydrogen-bond donors (Lipinski definition) is 0. The average molecular weight is 236 g/mol. The number of rotatable bonds is 1. The third kappa shape index (κ3) is 2.12. The van der Waals surface area contributed by atoms with Crippen LogP contribution in [0.2, 0.25) is 5.15 Å². The van der Waals surface area contributed by atoms with Gasteiger partial charge in [-0.2, -0.15) is 5.26 Å². The lowest BCUT2D eigenvalue weighted by Gasteiger charge is -2.17. The molecule has 2 heterocycles. The first-order chi connectivity index (χ1) is 7.60. The molecule has 1 fully saturated rings. The molecule has 2 atom stereocenters. The van der Waals surface area contributed by atoms with Crippen LogP contribution in [-0.2, 0) is 0 Å². The van der Waals surface area contributed by atoms with Gasteiger partial charge in [0.1, 0.15) is 11.0 Å². The first-order valence-electron chi connectivity index (χ1n) is 5.43. The number of anilines is 1. The maximum Gasteiger partial charge on any atom is 0.132 e. The van der Waals surface area contributed by atoms with Crippen LogP contribution in [0.25, 0.3) is 0 Å². The average Bonchev–Trinajstić information content (AvgIpc) is 2.58. The summed E-state index contributed by atoms with van der Waals surface area (Å²) in [5.41, 5.74) is 0.571. The van der Waals surface area contributed by atoms with Crippen molar-refractivity contribution >= 4 is 17.4 Å². The smallest absolute Gasteiger partial charge is 0.132 e. The molecule has 0 spiro atoms. The van der Waals surface area contributed by atoms with Crippen molar-refractivity contribution in [2.24, 2.45) is 11.8 Å². The highest BCUT2D eigenvalue weighted by molar-refractivity contribution is 6.29. The van der Waals surface area contributed by atoms with E-state index in [4.69, 9.17) is 16.9 Å². The van der Waals surface area contributed by atoms with Gasteiger partial charge in [-0.25, -0.2) is 4.98 Å². The van der Waals surface area contributed by atoms with Gasteiger partial charge < -0.3 is 4.90 Å². The van der Waals surface area contributed by atoms with E-state index in [2.05, 4.69) is 29.8 Å². The highest BCUT2D eigenvalue weighted by Crippen LogP contribution is 2.27. The molecular weight excluding hydrogens is 222 g/mol. The van der Waals surface area contributed by atoms with Crippen LogP contribution in [0, 0.1) is 23.2 Å². The maximum absolute atomic E-state index is 8.88. The van der Waals surface area contributed by atoms with E-state index < -0.39 is 0 Å². The zero-order chi connectivity index (χ0) is 11.7. The van der Waals surface area contributed by atoms with Crippen molar-refractivity contribution in [1.82, 2.24) is 4.98 Å². The summed E-state index contributed by atoms with van der Waals surface area (Å²) in [5, 5.41) is 9.27. The maximum atomic E-state index is 8.88. The minimum atomic E-state index is 0.390. The second-order valence-corrected chi connectivity index (χ2v) is 4.90. The van der Waals surface area contributed by atoms with Gasteiger partial charge in [0.15, 0.2) is 0 Å². The van der Waals surface area contributed by atoms with Crippen LogP contribution in [0.15, 0.2) is 12.1 Å². The van der Waals surface area contributed by atoms with Gasteiger partial charge in [-0.1, -0.05) is 25.4 Å². The molecule has 2 unspecified atom stereocenters. The van der Waals surface area contributed by atoms with Gasteiger partial charge >= 0.3 is 0 Å². The van der Waals surface area contributed by atoms with Crippen LogP contribution >= 0.6 is 11.6 Å². The predicted octanol–water partition coefficient (Wildman–Crippen LogP) is 2.70. The quantitative estimate of drug-likeness (QED) is 0.703. The van der Waals surface area contributed by atoms with E-state index in [-0.39, 0.29) is 0 Å². The van der Waals surface area contributed by atoms with E-state index in [1.807, 2.05) is 0 Å². The number of nitrogens with zero attached hydrogens (tertiary/aromatic N) is 3. The predicted molar refractivity (Wildman–Crippen MR) is 64.5 cm³/mol. The van der Waals surface area contributed by atoms with Crippen molar-refractivity contribution in [1.29, 1.82) is 5.26 Å². The van der Waals surface area contributed by atoms with E-state index >= 15 is 0 Å². The Balaban J connectivity index is 2.28. The number of hydrogen-bond acceptors (Lipinski definition) is 3. The third-order valence-corrected chi connectivity index (χ3v) is 3.42. The highest BCUT2D eigenvalue weighted by Gasteiger charge is 2.27. The molecule has 2 rings (SSSR count). The lowest BCUT2D eigenvalue weighted by Crippen LogP contribution is -2.20. The molecule has 0 N–H and O–H groups in total. The summed E-state index contributed by atoms with van der Waals surface area (Å²) >= 11 is 5.89. The largest absolute Gasteiger partial charge is 0.356 e. The standard InChI is InChI=1S/C12H14ClN3/c1-8-6-16(7-9(8)2)12-4-10(5-14)3-11(13)15-12/h3-4,8-9H,6-7H2,1-2H3. The molecule has 1 aromatic heterocycles.